The highest BCUT2D eigenvalue weighted by Crippen LogP contribution is 2.13. The van der Waals surface area contributed by atoms with Crippen molar-refractivity contribution in [2.24, 2.45) is 0 Å². The number of aromatic nitrogens is 4. The van der Waals surface area contributed by atoms with Crippen LogP contribution in [0, 0.1) is 0 Å². The molecule has 2 aromatic heterocycles. The fraction of sp³-hybridized carbons (Fsp3) is 0.273. The van der Waals surface area contributed by atoms with Gasteiger partial charge >= 0.3 is 0 Å². The summed E-state index contributed by atoms with van der Waals surface area (Å²) in [5.41, 5.74) is 0.349. The fourth-order valence-electron chi connectivity index (χ4n) is 1.48. The minimum absolute atomic E-state index is 0.279. The molecule has 1 N–H and O–H groups in total. The van der Waals surface area contributed by atoms with Crippen molar-refractivity contribution < 1.29 is 4.79 Å². The summed E-state index contributed by atoms with van der Waals surface area (Å²) in [5.74, 6) is 0.421. The third-order valence-electron chi connectivity index (χ3n) is 2.46. The predicted octanol–water partition coefficient (Wildman–Crippen LogP) is 1.28. The van der Waals surface area contributed by atoms with Crippen molar-refractivity contribution in [2.75, 3.05) is 0 Å². The van der Waals surface area contributed by atoms with Gasteiger partial charge < -0.3 is 9.88 Å². The lowest BCUT2D eigenvalue weighted by atomic mass is 10.2. The first-order chi connectivity index (χ1) is 8.72. The SMILES string of the molecule is CCn1cnnc1CNC(=O)c1cnccc1Cl. The molecule has 0 aliphatic rings. The summed E-state index contributed by atoms with van der Waals surface area (Å²) in [6.07, 6.45) is 4.59. The molecular formula is C11H12ClN5O. The van der Waals surface area contributed by atoms with E-state index < -0.39 is 0 Å². The van der Waals surface area contributed by atoms with Gasteiger partial charge in [-0.2, -0.15) is 0 Å². The highest BCUT2D eigenvalue weighted by molar-refractivity contribution is 6.33. The summed E-state index contributed by atoms with van der Waals surface area (Å²) < 4.78 is 1.85. The molecule has 0 saturated carbocycles. The van der Waals surface area contributed by atoms with E-state index in [2.05, 4.69) is 20.5 Å². The van der Waals surface area contributed by atoms with E-state index >= 15 is 0 Å². The molecule has 0 saturated heterocycles. The number of pyridine rings is 1. The zero-order chi connectivity index (χ0) is 13.0. The number of hydrogen-bond donors (Lipinski definition) is 1. The summed E-state index contributed by atoms with van der Waals surface area (Å²) in [6, 6.07) is 1.57. The number of amides is 1. The smallest absolute Gasteiger partial charge is 0.254 e. The Morgan fingerprint density at radius 2 is 2.39 bits per heavy atom. The first-order valence-electron chi connectivity index (χ1n) is 5.46. The van der Waals surface area contributed by atoms with Gasteiger partial charge in [-0.15, -0.1) is 10.2 Å². The van der Waals surface area contributed by atoms with Crippen LogP contribution in [0.2, 0.25) is 5.02 Å². The molecule has 1 amide bonds. The average Bonchev–Trinajstić information content (AvgIpc) is 2.84. The highest BCUT2D eigenvalue weighted by atomic mass is 35.5. The molecule has 7 heteroatoms. The normalized spacial score (nSPS) is 10.3. The number of nitrogens with zero attached hydrogens (tertiary/aromatic N) is 4. The molecule has 0 aliphatic heterocycles. The Bertz CT molecular complexity index is 554. The maximum Gasteiger partial charge on any atom is 0.254 e. The first-order valence-corrected chi connectivity index (χ1v) is 5.84. The van der Waals surface area contributed by atoms with Crippen LogP contribution in [-0.2, 0) is 13.1 Å². The summed E-state index contributed by atoms with van der Waals surface area (Å²) in [5, 5.41) is 10.8. The van der Waals surface area contributed by atoms with E-state index in [1.165, 1.54) is 12.4 Å². The van der Waals surface area contributed by atoms with E-state index in [9.17, 15) is 4.79 Å². The largest absolute Gasteiger partial charge is 0.345 e. The summed E-state index contributed by atoms with van der Waals surface area (Å²) in [6.45, 7) is 3.04. The lowest BCUT2D eigenvalue weighted by Crippen LogP contribution is -2.25. The van der Waals surface area contributed by atoms with Crippen molar-refractivity contribution in [3.8, 4) is 0 Å². The molecule has 94 valence electrons. The first kappa shape index (κ1) is 12.5. The van der Waals surface area contributed by atoms with Crippen LogP contribution in [0.25, 0.3) is 0 Å². The molecule has 0 spiro atoms. The number of rotatable bonds is 4. The summed E-state index contributed by atoms with van der Waals surface area (Å²) in [7, 11) is 0. The number of nitrogens with one attached hydrogen (secondary N) is 1. The van der Waals surface area contributed by atoms with Crippen molar-refractivity contribution >= 4 is 17.5 Å². The minimum atomic E-state index is -0.279. The van der Waals surface area contributed by atoms with Gasteiger partial charge in [-0.3, -0.25) is 9.78 Å². The molecular weight excluding hydrogens is 254 g/mol. The van der Waals surface area contributed by atoms with Crippen LogP contribution >= 0.6 is 11.6 Å². The van der Waals surface area contributed by atoms with E-state index in [-0.39, 0.29) is 5.91 Å². The molecule has 2 heterocycles. The van der Waals surface area contributed by atoms with E-state index in [1.807, 2.05) is 11.5 Å². The Morgan fingerprint density at radius 3 is 3.11 bits per heavy atom. The molecule has 0 radical (unpaired) electrons. The van der Waals surface area contributed by atoms with Crippen LogP contribution in [0.5, 0.6) is 0 Å². The number of aryl methyl sites for hydroxylation is 1. The van der Waals surface area contributed by atoms with Crippen LogP contribution in [0.1, 0.15) is 23.1 Å². The number of carbonyl (C=O) groups excluding carboxylic acids is 1. The van der Waals surface area contributed by atoms with E-state index in [4.69, 9.17) is 11.6 Å². The second kappa shape index (κ2) is 5.59. The van der Waals surface area contributed by atoms with Crippen LogP contribution in [-0.4, -0.2) is 25.7 Å². The Labute approximate surface area is 109 Å². The highest BCUT2D eigenvalue weighted by Gasteiger charge is 2.11. The molecule has 0 aromatic carbocycles. The van der Waals surface area contributed by atoms with Crippen molar-refractivity contribution in [1.82, 2.24) is 25.1 Å². The Hall–Kier alpha value is -1.95. The monoisotopic (exact) mass is 265 g/mol. The van der Waals surface area contributed by atoms with Crippen molar-refractivity contribution in [3.63, 3.8) is 0 Å². The molecule has 0 atom stereocenters. The molecule has 0 unspecified atom stereocenters. The Balaban J connectivity index is 2.03. The zero-order valence-corrected chi connectivity index (χ0v) is 10.6. The van der Waals surface area contributed by atoms with Gasteiger partial charge in [-0.1, -0.05) is 11.6 Å². The number of hydrogen-bond acceptors (Lipinski definition) is 4. The topological polar surface area (TPSA) is 72.7 Å². The van der Waals surface area contributed by atoms with Crippen LogP contribution in [0.4, 0.5) is 0 Å². The van der Waals surface area contributed by atoms with Crippen LogP contribution < -0.4 is 5.32 Å². The average molecular weight is 266 g/mol. The minimum Gasteiger partial charge on any atom is -0.345 e. The maximum absolute atomic E-state index is 11.9. The second-order valence-electron chi connectivity index (χ2n) is 3.57. The van der Waals surface area contributed by atoms with Gasteiger partial charge in [-0.05, 0) is 13.0 Å². The Kier molecular flexibility index (Phi) is 3.88. The standard InChI is InChI=1S/C11H12ClN5O/c1-2-17-7-15-16-10(17)6-14-11(18)8-5-13-4-3-9(8)12/h3-5,7H,2,6H2,1H3,(H,14,18). The van der Waals surface area contributed by atoms with Gasteiger partial charge in [0.2, 0.25) is 0 Å². The van der Waals surface area contributed by atoms with Gasteiger partial charge in [0.05, 0.1) is 17.1 Å². The quantitative estimate of drug-likeness (QED) is 0.904. The van der Waals surface area contributed by atoms with E-state index in [0.29, 0.717) is 23.0 Å². The molecule has 0 aliphatic carbocycles. The number of carbonyl (C=O) groups is 1. The van der Waals surface area contributed by atoms with Crippen molar-refractivity contribution in [1.29, 1.82) is 0 Å². The van der Waals surface area contributed by atoms with Crippen molar-refractivity contribution in [3.05, 3.63) is 41.2 Å². The predicted molar refractivity (Wildman–Crippen MR) is 66.1 cm³/mol. The number of halogens is 1. The zero-order valence-electron chi connectivity index (χ0n) is 9.80. The molecule has 6 nitrogen and oxygen atoms in total. The molecule has 0 fully saturated rings. The van der Waals surface area contributed by atoms with Crippen LogP contribution in [0.3, 0.4) is 0 Å². The van der Waals surface area contributed by atoms with E-state index in [0.717, 1.165) is 6.54 Å². The fourth-order valence-corrected chi connectivity index (χ4v) is 1.67. The maximum atomic E-state index is 11.9. The summed E-state index contributed by atoms with van der Waals surface area (Å²) in [4.78, 5) is 15.7. The van der Waals surface area contributed by atoms with Gasteiger partial charge in [0.25, 0.3) is 5.91 Å². The van der Waals surface area contributed by atoms with Crippen molar-refractivity contribution in [2.45, 2.75) is 20.0 Å². The molecule has 2 aromatic rings. The van der Waals surface area contributed by atoms with Crippen LogP contribution in [0.15, 0.2) is 24.8 Å². The molecule has 0 bridgehead atoms. The third kappa shape index (κ3) is 2.65. The van der Waals surface area contributed by atoms with Gasteiger partial charge in [0.1, 0.15) is 6.33 Å². The summed E-state index contributed by atoms with van der Waals surface area (Å²) >= 11 is 5.90. The van der Waals surface area contributed by atoms with Gasteiger partial charge in [0, 0.05) is 18.9 Å². The molecule has 18 heavy (non-hydrogen) atoms. The van der Waals surface area contributed by atoms with E-state index in [1.54, 1.807) is 12.4 Å². The Morgan fingerprint density at radius 1 is 1.56 bits per heavy atom. The van der Waals surface area contributed by atoms with Gasteiger partial charge in [0.15, 0.2) is 5.82 Å². The lowest BCUT2D eigenvalue weighted by molar-refractivity contribution is 0.0949. The van der Waals surface area contributed by atoms with Gasteiger partial charge in [-0.25, -0.2) is 0 Å². The third-order valence-corrected chi connectivity index (χ3v) is 2.79. The second-order valence-corrected chi connectivity index (χ2v) is 3.98. The lowest BCUT2D eigenvalue weighted by Gasteiger charge is -2.06. The molecule has 2 rings (SSSR count).